The van der Waals surface area contributed by atoms with Crippen LogP contribution in [0.3, 0.4) is 0 Å². The maximum atomic E-state index is 12.8. The second kappa shape index (κ2) is 5.55. The maximum Gasteiger partial charge on any atom is 0.123 e. The van der Waals surface area contributed by atoms with Crippen LogP contribution < -0.4 is 5.73 Å². The summed E-state index contributed by atoms with van der Waals surface area (Å²) in [7, 11) is 0. The summed E-state index contributed by atoms with van der Waals surface area (Å²) in [5.41, 5.74) is 8.06. The van der Waals surface area contributed by atoms with Crippen molar-refractivity contribution in [3.05, 3.63) is 65.7 Å². The summed E-state index contributed by atoms with van der Waals surface area (Å²) < 4.78 is 12.8. The first-order valence-corrected chi connectivity index (χ1v) is 5.64. The minimum Gasteiger partial charge on any atom is -0.330 e. The third kappa shape index (κ3) is 3.11. The van der Waals surface area contributed by atoms with Crippen LogP contribution in [0.25, 0.3) is 0 Å². The van der Waals surface area contributed by atoms with Gasteiger partial charge in [-0.3, -0.25) is 4.98 Å². The van der Waals surface area contributed by atoms with E-state index in [-0.39, 0.29) is 11.7 Å². The number of aromatic nitrogens is 1. The fraction of sp³-hybridized carbons (Fsp3) is 0.214. The van der Waals surface area contributed by atoms with Crippen molar-refractivity contribution in [2.24, 2.45) is 5.73 Å². The maximum absolute atomic E-state index is 12.8. The highest BCUT2D eigenvalue weighted by Gasteiger charge is 2.10. The molecule has 88 valence electrons. The monoisotopic (exact) mass is 230 g/mol. The predicted molar refractivity (Wildman–Crippen MR) is 66.1 cm³/mol. The number of nitrogens with zero attached hydrogens (tertiary/aromatic N) is 1. The molecule has 0 aliphatic carbocycles. The SMILES string of the molecule is NC[C@H](Cc1ccc(F)cc1)c1ccncc1. The van der Waals surface area contributed by atoms with Gasteiger partial charge in [0.2, 0.25) is 0 Å². The van der Waals surface area contributed by atoms with Gasteiger partial charge in [-0.2, -0.15) is 0 Å². The van der Waals surface area contributed by atoms with Gasteiger partial charge in [0.25, 0.3) is 0 Å². The van der Waals surface area contributed by atoms with Crippen LogP contribution in [0.4, 0.5) is 4.39 Å². The van der Waals surface area contributed by atoms with E-state index in [0.29, 0.717) is 6.54 Å². The van der Waals surface area contributed by atoms with Gasteiger partial charge in [0.15, 0.2) is 0 Å². The molecule has 0 saturated carbocycles. The first-order chi connectivity index (χ1) is 8.29. The van der Waals surface area contributed by atoms with Gasteiger partial charge in [-0.15, -0.1) is 0 Å². The highest BCUT2D eigenvalue weighted by atomic mass is 19.1. The Hall–Kier alpha value is -1.74. The normalized spacial score (nSPS) is 12.4. The fourth-order valence-electron chi connectivity index (χ4n) is 1.88. The molecule has 0 aliphatic heterocycles. The number of halogens is 1. The summed E-state index contributed by atoms with van der Waals surface area (Å²) in [5, 5.41) is 0. The predicted octanol–water partition coefficient (Wildman–Crippen LogP) is 2.51. The number of benzene rings is 1. The lowest BCUT2D eigenvalue weighted by molar-refractivity contribution is 0.625. The molecule has 2 aromatic rings. The van der Waals surface area contributed by atoms with Crippen LogP contribution in [-0.4, -0.2) is 11.5 Å². The zero-order chi connectivity index (χ0) is 12.1. The molecule has 0 unspecified atom stereocenters. The van der Waals surface area contributed by atoms with E-state index >= 15 is 0 Å². The van der Waals surface area contributed by atoms with Crippen molar-refractivity contribution in [1.82, 2.24) is 4.98 Å². The van der Waals surface area contributed by atoms with Gasteiger partial charge in [-0.1, -0.05) is 12.1 Å². The molecule has 17 heavy (non-hydrogen) atoms. The van der Waals surface area contributed by atoms with E-state index in [2.05, 4.69) is 4.98 Å². The third-order valence-corrected chi connectivity index (χ3v) is 2.86. The van der Waals surface area contributed by atoms with Gasteiger partial charge in [0.1, 0.15) is 5.82 Å². The topological polar surface area (TPSA) is 38.9 Å². The van der Waals surface area contributed by atoms with Crippen molar-refractivity contribution in [3.63, 3.8) is 0 Å². The van der Waals surface area contributed by atoms with Crippen molar-refractivity contribution >= 4 is 0 Å². The minimum absolute atomic E-state index is 0.207. The lowest BCUT2D eigenvalue weighted by Crippen LogP contribution is -2.15. The van der Waals surface area contributed by atoms with Crippen molar-refractivity contribution in [1.29, 1.82) is 0 Å². The van der Waals surface area contributed by atoms with Crippen LogP contribution in [0.2, 0.25) is 0 Å². The molecule has 1 heterocycles. The Labute approximate surface area is 100 Å². The third-order valence-electron chi connectivity index (χ3n) is 2.86. The molecule has 0 spiro atoms. The molecule has 2 N–H and O–H groups in total. The molecule has 2 nitrogen and oxygen atoms in total. The number of rotatable bonds is 4. The quantitative estimate of drug-likeness (QED) is 0.876. The van der Waals surface area contributed by atoms with E-state index < -0.39 is 0 Å². The molecule has 0 aliphatic rings. The molecular formula is C14H15FN2. The second-order valence-electron chi connectivity index (χ2n) is 4.04. The molecular weight excluding hydrogens is 215 g/mol. The first-order valence-electron chi connectivity index (χ1n) is 5.64. The Kier molecular flexibility index (Phi) is 3.83. The second-order valence-corrected chi connectivity index (χ2v) is 4.04. The van der Waals surface area contributed by atoms with E-state index in [9.17, 15) is 4.39 Å². The van der Waals surface area contributed by atoms with Gasteiger partial charge in [-0.25, -0.2) is 4.39 Å². The summed E-state index contributed by atoms with van der Waals surface area (Å²) in [6.45, 7) is 0.571. The van der Waals surface area contributed by atoms with Gasteiger partial charge < -0.3 is 5.73 Å². The van der Waals surface area contributed by atoms with Crippen molar-refractivity contribution < 1.29 is 4.39 Å². The van der Waals surface area contributed by atoms with E-state index in [1.807, 2.05) is 12.1 Å². The van der Waals surface area contributed by atoms with Gasteiger partial charge in [-0.05, 0) is 48.4 Å². The van der Waals surface area contributed by atoms with Crippen molar-refractivity contribution in [2.75, 3.05) is 6.54 Å². The van der Waals surface area contributed by atoms with Crippen LogP contribution in [0.15, 0.2) is 48.8 Å². The Balaban J connectivity index is 2.13. The van der Waals surface area contributed by atoms with E-state index in [1.54, 1.807) is 24.5 Å². The largest absolute Gasteiger partial charge is 0.330 e. The number of hydrogen-bond donors (Lipinski definition) is 1. The number of hydrogen-bond acceptors (Lipinski definition) is 2. The molecule has 0 radical (unpaired) electrons. The highest BCUT2D eigenvalue weighted by molar-refractivity contribution is 5.23. The van der Waals surface area contributed by atoms with Crippen LogP contribution in [0.1, 0.15) is 17.0 Å². The van der Waals surface area contributed by atoms with E-state index in [4.69, 9.17) is 5.73 Å². The summed E-state index contributed by atoms with van der Waals surface area (Å²) in [5.74, 6) is 0.0467. The molecule has 2 rings (SSSR count). The van der Waals surface area contributed by atoms with Crippen LogP contribution >= 0.6 is 0 Å². The zero-order valence-electron chi connectivity index (χ0n) is 9.51. The van der Waals surface area contributed by atoms with Crippen molar-refractivity contribution in [3.8, 4) is 0 Å². The van der Waals surface area contributed by atoms with E-state index in [1.165, 1.54) is 17.7 Å². The Bertz CT molecular complexity index is 453. The summed E-state index contributed by atoms with van der Waals surface area (Å²) in [4.78, 5) is 3.99. The average molecular weight is 230 g/mol. The molecule has 1 aromatic heterocycles. The molecule has 1 aromatic carbocycles. The average Bonchev–Trinajstić information content (AvgIpc) is 2.39. The minimum atomic E-state index is -0.207. The van der Waals surface area contributed by atoms with Gasteiger partial charge in [0, 0.05) is 18.3 Å². The first kappa shape index (κ1) is 11.7. The molecule has 0 bridgehead atoms. The van der Waals surface area contributed by atoms with Crippen molar-refractivity contribution in [2.45, 2.75) is 12.3 Å². The lowest BCUT2D eigenvalue weighted by atomic mass is 9.93. The Morgan fingerprint density at radius 3 is 2.29 bits per heavy atom. The Morgan fingerprint density at radius 2 is 1.71 bits per heavy atom. The molecule has 3 heteroatoms. The van der Waals surface area contributed by atoms with Crippen LogP contribution in [-0.2, 0) is 6.42 Å². The van der Waals surface area contributed by atoms with E-state index in [0.717, 1.165) is 12.0 Å². The van der Waals surface area contributed by atoms with Crippen LogP contribution in [0, 0.1) is 5.82 Å². The van der Waals surface area contributed by atoms with Gasteiger partial charge in [0.05, 0.1) is 0 Å². The van der Waals surface area contributed by atoms with Gasteiger partial charge >= 0.3 is 0 Å². The smallest absolute Gasteiger partial charge is 0.123 e. The van der Waals surface area contributed by atoms with Crippen LogP contribution in [0.5, 0.6) is 0 Å². The molecule has 0 amide bonds. The fourth-order valence-corrected chi connectivity index (χ4v) is 1.88. The molecule has 0 fully saturated rings. The molecule has 1 atom stereocenters. The summed E-state index contributed by atoms with van der Waals surface area (Å²) in [6.07, 6.45) is 4.35. The standard InChI is InChI=1S/C14H15FN2/c15-14-3-1-11(2-4-14)9-13(10-16)12-5-7-17-8-6-12/h1-8,13H,9-10,16H2/t13-/m0/s1. The highest BCUT2D eigenvalue weighted by Crippen LogP contribution is 2.19. The molecule has 0 saturated heterocycles. The lowest BCUT2D eigenvalue weighted by Gasteiger charge is -2.14. The summed E-state index contributed by atoms with van der Waals surface area (Å²) in [6, 6.07) is 10.5. The summed E-state index contributed by atoms with van der Waals surface area (Å²) >= 11 is 0. The Morgan fingerprint density at radius 1 is 1.06 bits per heavy atom. The number of pyridine rings is 1. The number of nitrogens with two attached hydrogens (primary N) is 1. The zero-order valence-corrected chi connectivity index (χ0v) is 9.51.